The molecule has 0 aromatic heterocycles. The summed E-state index contributed by atoms with van der Waals surface area (Å²) in [5.41, 5.74) is 1.02. The zero-order chi connectivity index (χ0) is 19.7. The van der Waals surface area contributed by atoms with Crippen LogP contribution in [-0.2, 0) is 24.3 Å². The fourth-order valence-corrected chi connectivity index (χ4v) is 4.60. The molecule has 0 aliphatic rings. The van der Waals surface area contributed by atoms with Gasteiger partial charge in [-0.2, -0.15) is 4.31 Å². The SMILES string of the molecule is CCOC(=O)CSCC(=O)Nc1ccc(C)c(S(=O)(=O)N(CC)CC)c1. The van der Waals surface area contributed by atoms with E-state index >= 15 is 0 Å². The molecular weight excluding hydrogens is 376 g/mol. The van der Waals surface area contributed by atoms with E-state index < -0.39 is 10.0 Å². The molecule has 1 N–H and O–H groups in total. The molecule has 0 aliphatic carbocycles. The average Bonchev–Trinajstić information content (AvgIpc) is 2.57. The number of hydrogen-bond acceptors (Lipinski definition) is 6. The smallest absolute Gasteiger partial charge is 0.315 e. The van der Waals surface area contributed by atoms with E-state index in [2.05, 4.69) is 5.32 Å². The van der Waals surface area contributed by atoms with E-state index in [1.807, 2.05) is 0 Å². The monoisotopic (exact) mass is 402 g/mol. The highest BCUT2D eigenvalue weighted by Gasteiger charge is 2.24. The fraction of sp³-hybridized carbons (Fsp3) is 0.529. The van der Waals surface area contributed by atoms with Gasteiger partial charge in [0.15, 0.2) is 0 Å². The van der Waals surface area contributed by atoms with Gasteiger partial charge in [0.05, 0.1) is 23.0 Å². The number of carbonyl (C=O) groups excluding carboxylic acids is 2. The van der Waals surface area contributed by atoms with Crippen LogP contribution in [0.2, 0.25) is 0 Å². The number of carbonyl (C=O) groups is 2. The third kappa shape index (κ3) is 6.30. The minimum Gasteiger partial charge on any atom is -0.465 e. The molecule has 1 aromatic rings. The highest BCUT2D eigenvalue weighted by atomic mass is 32.2. The van der Waals surface area contributed by atoms with Gasteiger partial charge in [0.1, 0.15) is 0 Å². The van der Waals surface area contributed by atoms with Crippen molar-refractivity contribution in [1.29, 1.82) is 0 Å². The quantitative estimate of drug-likeness (QED) is 0.604. The van der Waals surface area contributed by atoms with Gasteiger partial charge in [-0.3, -0.25) is 9.59 Å². The zero-order valence-corrected chi connectivity index (χ0v) is 17.2. The number of aryl methyl sites for hydroxylation is 1. The number of hydrogen-bond donors (Lipinski definition) is 1. The molecule has 0 fully saturated rings. The molecule has 26 heavy (non-hydrogen) atoms. The van der Waals surface area contributed by atoms with E-state index in [0.717, 1.165) is 11.8 Å². The van der Waals surface area contributed by atoms with E-state index in [1.165, 1.54) is 10.4 Å². The zero-order valence-electron chi connectivity index (χ0n) is 15.6. The molecule has 0 saturated carbocycles. The third-order valence-electron chi connectivity index (χ3n) is 3.55. The van der Waals surface area contributed by atoms with E-state index in [1.54, 1.807) is 39.8 Å². The second-order valence-electron chi connectivity index (χ2n) is 5.42. The van der Waals surface area contributed by atoms with Crippen molar-refractivity contribution in [1.82, 2.24) is 4.31 Å². The molecule has 0 spiro atoms. The number of ether oxygens (including phenoxy) is 1. The lowest BCUT2D eigenvalue weighted by molar-refractivity contribution is -0.139. The first-order chi connectivity index (χ1) is 12.3. The molecule has 9 heteroatoms. The van der Waals surface area contributed by atoms with Crippen LogP contribution in [0.3, 0.4) is 0 Å². The minimum absolute atomic E-state index is 0.0742. The molecular formula is C17H26N2O5S2. The number of thioether (sulfide) groups is 1. The van der Waals surface area contributed by atoms with Crippen molar-refractivity contribution in [3.8, 4) is 0 Å². The molecule has 0 radical (unpaired) electrons. The van der Waals surface area contributed by atoms with Crippen LogP contribution in [0.15, 0.2) is 23.1 Å². The Balaban J connectivity index is 2.81. The Hall–Kier alpha value is -1.58. The topological polar surface area (TPSA) is 92.8 Å². The lowest BCUT2D eigenvalue weighted by atomic mass is 10.2. The second-order valence-corrected chi connectivity index (χ2v) is 8.31. The number of anilines is 1. The van der Waals surface area contributed by atoms with Crippen molar-refractivity contribution in [2.75, 3.05) is 36.5 Å². The predicted octanol–water partition coefficient (Wildman–Crippen LogP) is 2.26. The summed E-state index contributed by atoms with van der Waals surface area (Å²) in [5, 5.41) is 2.67. The lowest BCUT2D eigenvalue weighted by Gasteiger charge is -2.20. The number of rotatable bonds is 10. The van der Waals surface area contributed by atoms with Crippen molar-refractivity contribution in [2.24, 2.45) is 0 Å². The molecule has 0 heterocycles. The van der Waals surface area contributed by atoms with Crippen LogP contribution in [0, 0.1) is 6.92 Å². The molecule has 0 atom stereocenters. The first kappa shape index (κ1) is 22.5. The fourth-order valence-electron chi connectivity index (χ4n) is 2.29. The van der Waals surface area contributed by atoms with Crippen LogP contribution < -0.4 is 5.32 Å². The van der Waals surface area contributed by atoms with Crippen molar-refractivity contribution in [3.05, 3.63) is 23.8 Å². The summed E-state index contributed by atoms with van der Waals surface area (Å²) < 4.78 is 31.6. The number of esters is 1. The first-order valence-corrected chi connectivity index (χ1v) is 11.0. The van der Waals surface area contributed by atoms with Gasteiger partial charge >= 0.3 is 5.97 Å². The predicted molar refractivity (Wildman–Crippen MR) is 104 cm³/mol. The summed E-state index contributed by atoms with van der Waals surface area (Å²) in [6, 6.07) is 4.79. The standard InChI is InChI=1S/C17H26N2O5S2/c1-5-19(6-2)26(22,23)15-10-14(9-8-13(15)4)18-16(20)11-25-12-17(21)24-7-3/h8-10H,5-7,11-12H2,1-4H3,(H,18,20). The number of benzene rings is 1. The van der Waals surface area contributed by atoms with E-state index in [9.17, 15) is 18.0 Å². The number of nitrogens with zero attached hydrogens (tertiary/aromatic N) is 1. The van der Waals surface area contributed by atoms with Crippen LogP contribution in [-0.4, -0.2) is 55.8 Å². The Bertz CT molecular complexity index is 731. The minimum atomic E-state index is -3.61. The molecule has 0 aliphatic heterocycles. The van der Waals surface area contributed by atoms with Crippen molar-refractivity contribution < 1.29 is 22.7 Å². The van der Waals surface area contributed by atoms with Gasteiger partial charge in [-0.1, -0.05) is 19.9 Å². The maximum absolute atomic E-state index is 12.7. The lowest BCUT2D eigenvalue weighted by Crippen LogP contribution is -2.31. The van der Waals surface area contributed by atoms with Gasteiger partial charge in [-0.05, 0) is 31.5 Å². The number of amides is 1. The van der Waals surface area contributed by atoms with Crippen molar-refractivity contribution >= 4 is 39.3 Å². The Labute approximate surface area is 159 Å². The van der Waals surface area contributed by atoms with Crippen molar-refractivity contribution in [3.63, 3.8) is 0 Å². The van der Waals surface area contributed by atoms with E-state index in [4.69, 9.17) is 4.74 Å². The molecule has 0 saturated heterocycles. The first-order valence-electron chi connectivity index (χ1n) is 8.40. The van der Waals surface area contributed by atoms with Gasteiger partial charge in [0.25, 0.3) is 0 Å². The van der Waals surface area contributed by atoms with Crippen LogP contribution in [0.1, 0.15) is 26.3 Å². The molecule has 0 bridgehead atoms. The summed E-state index contributed by atoms with van der Waals surface area (Å²) >= 11 is 1.14. The summed E-state index contributed by atoms with van der Waals surface area (Å²) in [7, 11) is -3.61. The maximum atomic E-state index is 12.7. The van der Waals surface area contributed by atoms with E-state index in [-0.39, 0.29) is 28.3 Å². The van der Waals surface area contributed by atoms with Crippen LogP contribution >= 0.6 is 11.8 Å². The van der Waals surface area contributed by atoms with E-state index in [0.29, 0.717) is 30.9 Å². The molecule has 146 valence electrons. The summed E-state index contributed by atoms with van der Waals surface area (Å²) in [4.78, 5) is 23.4. The Morgan fingerprint density at radius 1 is 1.15 bits per heavy atom. The van der Waals surface area contributed by atoms with Crippen LogP contribution in [0.5, 0.6) is 0 Å². The Kier molecular flexibility index (Phi) is 9.11. The molecule has 1 rings (SSSR count). The van der Waals surface area contributed by atoms with Gasteiger partial charge in [0.2, 0.25) is 15.9 Å². The number of sulfonamides is 1. The Morgan fingerprint density at radius 2 is 1.81 bits per heavy atom. The van der Waals surface area contributed by atoms with Crippen molar-refractivity contribution in [2.45, 2.75) is 32.6 Å². The molecule has 1 aromatic carbocycles. The summed E-state index contributed by atoms with van der Waals surface area (Å²) in [6.07, 6.45) is 0. The largest absolute Gasteiger partial charge is 0.465 e. The highest BCUT2D eigenvalue weighted by Crippen LogP contribution is 2.23. The molecule has 0 unspecified atom stereocenters. The average molecular weight is 403 g/mol. The van der Waals surface area contributed by atoms with Gasteiger partial charge in [-0.25, -0.2) is 8.42 Å². The van der Waals surface area contributed by atoms with Crippen LogP contribution in [0.25, 0.3) is 0 Å². The normalized spacial score (nSPS) is 11.4. The molecule has 1 amide bonds. The summed E-state index contributed by atoms with van der Waals surface area (Å²) in [6.45, 7) is 8.05. The third-order valence-corrected chi connectivity index (χ3v) is 6.65. The van der Waals surface area contributed by atoms with Gasteiger partial charge < -0.3 is 10.1 Å². The molecule has 7 nitrogen and oxygen atoms in total. The Morgan fingerprint density at radius 3 is 2.38 bits per heavy atom. The van der Waals surface area contributed by atoms with Gasteiger partial charge in [0, 0.05) is 18.8 Å². The van der Waals surface area contributed by atoms with Crippen LogP contribution in [0.4, 0.5) is 5.69 Å². The maximum Gasteiger partial charge on any atom is 0.315 e. The second kappa shape index (κ2) is 10.5. The van der Waals surface area contributed by atoms with Gasteiger partial charge in [-0.15, -0.1) is 11.8 Å². The number of nitrogens with one attached hydrogen (secondary N) is 1. The summed E-state index contributed by atoms with van der Waals surface area (Å²) in [5.74, 6) is -0.510. The highest BCUT2D eigenvalue weighted by molar-refractivity contribution is 8.00.